The average Bonchev–Trinajstić information content (AvgIpc) is 3.82. The molecule has 13 rings (SSSR count). The van der Waals surface area contributed by atoms with E-state index in [0.29, 0.717) is 0 Å². The van der Waals surface area contributed by atoms with E-state index in [9.17, 15) is 0 Å². The van der Waals surface area contributed by atoms with Crippen molar-refractivity contribution >= 4 is 49.4 Å². The Morgan fingerprint density at radius 2 is 0.677 bits per heavy atom. The fourth-order valence-electron chi connectivity index (χ4n) is 11.2. The molecule has 0 unspecified atom stereocenters. The molecule has 1 heteroatoms. The Morgan fingerprint density at radius 3 is 1.26 bits per heavy atom. The Morgan fingerprint density at radius 1 is 0.258 bits per heavy atom. The van der Waals surface area contributed by atoms with Gasteiger partial charge >= 0.3 is 0 Å². The van der Waals surface area contributed by atoms with Crippen LogP contribution >= 0.6 is 0 Å². The molecular formula is C61H39N. The predicted octanol–water partition coefficient (Wildman–Crippen LogP) is 16.3. The number of nitrogens with zero attached hydrogens (tertiary/aromatic N) is 1. The quantitative estimate of drug-likeness (QED) is 0.157. The third kappa shape index (κ3) is 4.85. The molecule has 11 aromatic carbocycles. The smallest absolute Gasteiger partial charge is 0.0746 e. The molecule has 288 valence electrons. The molecule has 0 aliphatic heterocycles. The molecule has 1 nitrogen and oxygen atoms in total. The minimum atomic E-state index is -0.528. The Kier molecular flexibility index (Phi) is 7.59. The second-order valence-electron chi connectivity index (χ2n) is 16.7. The average molecular weight is 786 g/mol. The molecule has 0 bridgehead atoms. The highest BCUT2D eigenvalue weighted by atomic mass is 15.1. The Labute approximate surface area is 361 Å². The maximum Gasteiger partial charge on any atom is 0.0746 e. The van der Waals surface area contributed by atoms with Crippen molar-refractivity contribution in [3.63, 3.8) is 0 Å². The summed E-state index contributed by atoms with van der Waals surface area (Å²) in [6.45, 7) is 0. The number of rotatable bonds is 5. The van der Waals surface area contributed by atoms with Crippen molar-refractivity contribution in [1.29, 1.82) is 0 Å². The summed E-state index contributed by atoms with van der Waals surface area (Å²) in [5.74, 6) is 0. The van der Waals surface area contributed by atoms with Gasteiger partial charge in [-0.25, -0.2) is 0 Å². The highest BCUT2D eigenvalue weighted by Crippen LogP contribution is 2.65. The van der Waals surface area contributed by atoms with Crippen LogP contribution in [0.2, 0.25) is 0 Å². The lowest BCUT2D eigenvalue weighted by molar-refractivity contribution is 0.793. The van der Waals surface area contributed by atoms with Crippen molar-refractivity contribution in [3.05, 3.63) is 259 Å². The minimum Gasteiger partial charge on any atom is -0.310 e. The van der Waals surface area contributed by atoms with E-state index in [-0.39, 0.29) is 0 Å². The monoisotopic (exact) mass is 785 g/mol. The van der Waals surface area contributed by atoms with Crippen LogP contribution in [-0.4, -0.2) is 0 Å². The van der Waals surface area contributed by atoms with Gasteiger partial charge in [0, 0.05) is 16.9 Å². The van der Waals surface area contributed by atoms with E-state index >= 15 is 0 Å². The highest BCUT2D eigenvalue weighted by Gasteiger charge is 2.53. The first-order valence-electron chi connectivity index (χ1n) is 21.6. The second kappa shape index (κ2) is 13.5. The third-order valence-corrected chi connectivity index (χ3v) is 13.6. The Bertz CT molecular complexity index is 3480. The van der Waals surface area contributed by atoms with Gasteiger partial charge in [-0.15, -0.1) is 0 Å². The second-order valence-corrected chi connectivity index (χ2v) is 16.7. The van der Waals surface area contributed by atoms with E-state index in [4.69, 9.17) is 0 Å². The lowest BCUT2D eigenvalue weighted by Gasteiger charge is -2.36. The minimum absolute atomic E-state index is 0.528. The Hall–Kier alpha value is -8.00. The molecule has 2 aliphatic rings. The third-order valence-electron chi connectivity index (χ3n) is 13.6. The molecular weight excluding hydrogens is 747 g/mol. The number of benzene rings is 11. The van der Waals surface area contributed by atoms with E-state index in [2.05, 4.69) is 241 Å². The molecule has 0 radical (unpaired) electrons. The van der Waals surface area contributed by atoms with Crippen LogP contribution in [0.5, 0.6) is 0 Å². The fourth-order valence-corrected chi connectivity index (χ4v) is 11.2. The zero-order valence-electron chi connectivity index (χ0n) is 34.0. The van der Waals surface area contributed by atoms with Gasteiger partial charge in [0.2, 0.25) is 0 Å². The van der Waals surface area contributed by atoms with Crippen LogP contribution in [0.15, 0.2) is 237 Å². The summed E-state index contributed by atoms with van der Waals surface area (Å²) < 4.78 is 0. The normalized spacial score (nSPS) is 13.0. The predicted molar refractivity (Wildman–Crippen MR) is 261 cm³/mol. The molecule has 0 heterocycles. The summed E-state index contributed by atoms with van der Waals surface area (Å²) in [6.07, 6.45) is 0. The van der Waals surface area contributed by atoms with Crippen molar-refractivity contribution in [2.45, 2.75) is 5.41 Å². The summed E-state index contributed by atoms with van der Waals surface area (Å²) >= 11 is 0. The molecule has 2 aliphatic carbocycles. The molecule has 0 fully saturated rings. The van der Waals surface area contributed by atoms with Crippen LogP contribution in [0.3, 0.4) is 0 Å². The highest BCUT2D eigenvalue weighted by molar-refractivity contribution is 6.26. The van der Waals surface area contributed by atoms with Gasteiger partial charge in [0.1, 0.15) is 0 Å². The molecule has 0 N–H and O–H groups in total. The van der Waals surface area contributed by atoms with Gasteiger partial charge in [-0.1, -0.05) is 206 Å². The fraction of sp³-hybridized carbons (Fsp3) is 0.0164. The van der Waals surface area contributed by atoms with Gasteiger partial charge in [0.05, 0.1) is 11.1 Å². The van der Waals surface area contributed by atoms with E-state index in [0.717, 1.165) is 11.4 Å². The van der Waals surface area contributed by atoms with Crippen molar-refractivity contribution in [3.8, 4) is 44.5 Å². The number of fused-ring (bicyclic) bond motifs is 16. The van der Waals surface area contributed by atoms with Gasteiger partial charge in [0.25, 0.3) is 0 Å². The van der Waals surface area contributed by atoms with Gasteiger partial charge < -0.3 is 4.90 Å². The van der Waals surface area contributed by atoms with Crippen LogP contribution in [0, 0.1) is 0 Å². The zero-order chi connectivity index (χ0) is 40.8. The van der Waals surface area contributed by atoms with Crippen LogP contribution in [0.1, 0.15) is 22.3 Å². The summed E-state index contributed by atoms with van der Waals surface area (Å²) in [7, 11) is 0. The van der Waals surface area contributed by atoms with Gasteiger partial charge in [0.15, 0.2) is 0 Å². The van der Waals surface area contributed by atoms with Gasteiger partial charge in [-0.3, -0.25) is 0 Å². The van der Waals surface area contributed by atoms with E-state index < -0.39 is 5.41 Å². The van der Waals surface area contributed by atoms with Gasteiger partial charge in [-0.05, 0) is 124 Å². The maximum atomic E-state index is 2.56. The molecule has 11 aromatic rings. The van der Waals surface area contributed by atoms with Crippen LogP contribution < -0.4 is 4.90 Å². The van der Waals surface area contributed by atoms with Crippen molar-refractivity contribution in [2.24, 2.45) is 0 Å². The topological polar surface area (TPSA) is 3.24 Å². The van der Waals surface area contributed by atoms with Crippen LogP contribution in [-0.2, 0) is 5.41 Å². The first-order valence-corrected chi connectivity index (χ1v) is 21.6. The SMILES string of the molecule is c1ccc(-c2ccc(N(c3ccc4c5ccccc5c5ccccc5c4c3)c3cccc4c3C3(c5ccccc5-c5ccccc53)c3ccccc3-4)cc2-c2ccccc2)cc1. The molecule has 62 heavy (non-hydrogen) atoms. The lowest BCUT2D eigenvalue weighted by atomic mass is 9.70. The lowest BCUT2D eigenvalue weighted by Crippen LogP contribution is -2.28. The van der Waals surface area contributed by atoms with Crippen LogP contribution in [0.25, 0.3) is 76.8 Å². The first kappa shape index (κ1) is 34.8. The molecule has 0 saturated heterocycles. The summed E-state index contributed by atoms with van der Waals surface area (Å²) in [5.41, 5.74) is 18.1. The van der Waals surface area contributed by atoms with E-state index in [1.807, 2.05) is 0 Å². The van der Waals surface area contributed by atoms with Crippen LogP contribution in [0.4, 0.5) is 17.1 Å². The molecule has 0 aromatic heterocycles. The molecule has 0 saturated carbocycles. The molecule has 0 amide bonds. The number of hydrogen-bond acceptors (Lipinski definition) is 1. The number of anilines is 3. The molecule has 0 atom stereocenters. The number of hydrogen-bond donors (Lipinski definition) is 0. The van der Waals surface area contributed by atoms with Crippen molar-refractivity contribution < 1.29 is 0 Å². The summed E-state index contributed by atoms with van der Waals surface area (Å²) in [4.78, 5) is 2.56. The standard InChI is InChI=1S/C61H39N/c1-3-18-40(19-4-1)44-36-34-42(38-54(44)41-20-5-2-6-21-41)62(43-35-37-49-47-24-8-7-22-45(47)46-23-9-10-25-48(46)55(49)39-43)59-33-17-29-53-52-28-13-16-32-58(52)61(60(53)59)56-30-14-11-26-50(56)51-27-12-15-31-57(51)61/h1-39H. The van der Waals surface area contributed by atoms with Crippen molar-refractivity contribution in [1.82, 2.24) is 0 Å². The molecule has 1 spiro atoms. The van der Waals surface area contributed by atoms with E-state index in [1.165, 1.54) is 105 Å². The largest absolute Gasteiger partial charge is 0.310 e. The summed E-state index contributed by atoms with van der Waals surface area (Å²) in [6, 6.07) is 88.0. The Balaban J connectivity index is 1.16. The first-order chi connectivity index (χ1) is 30.8. The zero-order valence-corrected chi connectivity index (χ0v) is 34.0. The maximum absolute atomic E-state index is 2.56. The summed E-state index contributed by atoms with van der Waals surface area (Å²) in [5, 5.41) is 7.58. The van der Waals surface area contributed by atoms with E-state index in [1.54, 1.807) is 0 Å². The van der Waals surface area contributed by atoms with Crippen molar-refractivity contribution in [2.75, 3.05) is 4.90 Å². The van der Waals surface area contributed by atoms with Gasteiger partial charge in [-0.2, -0.15) is 0 Å².